The maximum absolute atomic E-state index is 12.5. The van der Waals surface area contributed by atoms with E-state index < -0.39 is 0 Å². The van der Waals surface area contributed by atoms with Crippen molar-refractivity contribution in [3.05, 3.63) is 53.6 Å². The molecule has 2 aromatic carbocycles. The van der Waals surface area contributed by atoms with E-state index in [1.165, 1.54) is 22.5 Å². The number of hydrogen-bond acceptors (Lipinski definition) is 4. The van der Waals surface area contributed by atoms with E-state index in [2.05, 4.69) is 48.8 Å². The lowest BCUT2D eigenvalue weighted by molar-refractivity contribution is -0.133. The van der Waals surface area contributed by atoms with E-state index in [1.54, 1.807) is 0 Å². The van der Waals surface area contributed by atoms with Gasteiger partial charge in [-0.3, -0.25) is 4.79 Å². The normalized spacial score (nSPS) is 14.1. The molecule has 29 heavy (non-hydrogen) atoms. The Morgan fingerprint density at radius 2 is 1.62 bits per heavy atom. The van der Waals surface area contributed by atoms with Crippen molar-refractivity contribution in [3.63, 3.8) is 0 Å². The number of carbonyl (C=O) groups is 1. The summed E-state index contributed by atoms with van der Waals surface area (Å²) in [4.78, 5) is 19.2. The fraction of sp³-hybridized carbons (Fsp3) is 0.458. The van der Waals surface area contributed by atoms with Crippen LogP contribution < -0.4 is 14.5 Å². The van der Waals surface area contributed by atoms with Crippen LogP contribution in [0.25, 0.3) is 0 Å². The van der Waals surface area contributed by atoms with Gasteiger partial charge in [0.25, 0.3) is 5.91 Å². The summed E-state index contributed by atoms with van der Waals surface area (Å²) in [6, 6.07) is 14.5. The lowest BCUT2D eigenvalue weighted by Gasteiger charge is -2.37. The summed E-state index contributed by atoms with van der Waals surface area (Å²) in [7, 11) is 0. The lowest BCUT2D eigenvalue weighted by atomic mass is 10.1. The third-order valence-corrected chi connectivity index (χ3v) is 5.67. The van der Waals surface area contributed by atoms with Crippen LogP contribution in [0.3, 0.4) is 0 Å². The molecule has 0 N–H and O–H groups in total. The van der Waals surface area contributed by atoms with Gasteiger partial charge in [0.05, 0.1) is 0 Å². The molecule has 5 heteroatoms. The fourth-order valence-corrected chi connectivity index (χ4v) is 3.85. The van der Waals surface area contributed by atoms with Gasteiger partial charge >= 0.3 is 0 Å². The Kier molecular flexibility index (Phi) is 7.02. The van der Waals surface area contributed by atoms with Crippen molar-refractivity contribution in [2.24, 2.45) is 0 Å². The second-order valence-corrected chi connectivity index (χ2v) is 7.61. The highest BCUT2D eigenvalue weighted by atomic mass is 16.5. The van der Waals surface area contributed by atoms with Gasteiger partial charge in [-0.2, -0.15) is 0 Å². The third-order valence-electron chi connectivity index (χ3n) is 5.67. The van der Waals surface area contributed by atoms with Crippen molar-refractivity contribution < 1.29 is 9.53 Å². The van der Waals surface area contributed by atoms with Crippen LogP contribution in [0.1, 0.15) is 25.0 Å². The number of hydrogen-bond donors (Lipinski definition) is 0. The number of benzene rings is 2. The molecule has 3 rings (SSSR count). The van der Waals surface area contributed by atoms with Crippen LogP contribution in [0, 0.1) is 13.8 Å². The summed E-state index contributed by atoms with van der Waals surface area (Å²) >= 11 is 0. The summed E-state index contributed by atoms with van der Waals surface area (Å²) in [5, 5.41) is 0. The molecule has 1 amide bonds. The summed E-state index contributed by atoms with van der Waals surface area (Å²) < 4.78 is 5.65. The van der Waals surface area contributed by atoms with Gasteiger partial charge in [0.2, 0.25) is 0 Å². The lowest BCUT2D eigenvalue weighted by Crippen LogP contribution is -2.50. The minimum absolute atomic E-state index is 0.0545. The number of aryl methyl sites for hydroxylation is 2. The maximum atomic E-state index is 12.5. The topological polar surface area (TPSA) is 36.0 Å². The molecule has 1 heterocycles. The van der Waals surface area contributed by atoms with Crippen molar-refractivity contribution in [2.45, 2.75) is 27.7 Å². The van der Waals surface area contributed by atoms with E-state index in [-0.39, 0.29) is 12.5 Å². The van der Waals surface area contributed by atoms with E-state index >= 15 is 0 Å². The molecular weight excluding hydrogens is 362 g/mol. The Hall–Kier alpha value is -2.69. The second kappa shape index (κ2) is 9.68. The summed E-state index contributed by atoms with van der Waals surface area (Å²) in [6.07, 6.45) is 0. The molecule has 0 spiro atoms. The zero-order chi connectivity index (χ0) is 20.8. The van der Waals surface area contributed by atoms with E-state index in [1.807, 2.05) is 36.1 Å². The van der Waals surface area contributed by atoms with E-state index in [4.69, 9.17) is 4.74 Å². The molecule has 0 atom stereocenters. The predicted molar refractivity (Wildman–Crippen MR) is 120 cm³/mol. The molecule has 1 aliphatic rings. The first-order valence-corrected chi connectivity index (χ1v) is 10.6. The van der Waals surface area contributed by atoms with Gasteiger partial charge < -0.3 is 19.4 Å². The predicted octanol–water partition coefficient (Wildman–Crippen LogP) is 3.88. The van der Waals surface area contributed by atoms with Crippen LogP contribution in [-0.4, -0.2) is 56.7 Å². The molecule has 5 nitrogen and oxygen atoms in total. The molecule has 0 bridgehead atoms. The van der Waals surface area contributed by atoms with Crippen molar-refractivity contribution in [1.29, 1.82) is 0 Å². The molecule has 1 saturated heterocycles. The van der Waals surface area contributed by atoms with Crippen LogP contribution in [-0.2, 0) is 4.79 Å². The van der Waals surface area contributed by atoms with Crippen molar-refractivity contribution in [1.82, 2.24) is 4.90 Å². The highest BCUT2D eigenvalue weighted by molar-refractivity contribution is 5.78. The zero-order valence-electron chi connectivity index (χ0n) is 18.1. The van der Waals surface area contributed by atoms with Gasteiger partial charge in [-0.25, -0.2) is 0 Å². The number of amides is 1. The average Bonchev–Trinajstić information content (AvgIpc) is 2.74. The Morgan fingerprint density at radius 1 is 0.966 bits per heavy atom. The second-order valence-electron chi connectivity index (χ2n) is 7.61. The minimum Gasteiger partial charge on any atom is -0.484 e. The Balaban J connectivity index is 1.53. The first-order chi connectivity index (χ1) is 14.0. The van der Waals surface area contributed by atoms with Crippen molar-refractivity contribution in [2.75, 3.05) is 55.7 Å². The van der Waals surface area contributed by atoms with Crippen molar-refractivity contribution in [3.8, 4) is 5.75 Å². The molecule has 0 aliphatic carbocycles. The highest BCUT2D eigenvalue weighted by Crippen LogP contribution is 2.26. The van der Waals surface area contributed by atoms with Gasteiger partial charge in [-0.05, 0) is 63.6 Å². The average molecular weight is 396 g/mol. The smallest absolute Gasteiger partial charge is 0.260 e. The highest BCUT2D eigenvalue weighted by Gasteiger charge is 2.22. The molecule has 0 saturated carbocycles. The first kappa shape index (κ1) is 21.0. The maximum Gasteiger partial charge on any atom is 0.260 e. The molecule has 0 radical (unpaired) electrons. The number of anilines is 2. The summed E-state index contributed by atoms with van der Waals surface area (Å²) in [5.74, 6) is 0.797. The minimum atomic E-state index is 0.0545. The van der Waals surface area contributed by atoms with Gasteiger partial charge in [0.1, 0.15) is 5.75 Å². The number of nitrogens with zero attached hydrogens (tertiary/aromatic N) is 3. The third kappa shape index (κ3) is 5.22. The van der Waals surface area contributed by atoms with Gasteiger partial charge in [0.15, 0.2) is 6.61 Å². The Bertz CT molecular complexity index is 807. The fourth-order valence-electron chi connectivity index (χ4n) is 3.85. The van der Waals surface area contributed by atoms with E-state index in [9.17, 15) is 4.79 Å². The number of ether oxygens (including phenoxy) is 1. The van der Waals surface area contributed by atoms with Crippen molar-refractivity contribution >= 4 is 17.3 Å². The Labute approximate surface area is 174 Å². The molecule has 0 aromatic heterocycles. The summed E-state index contributed by atoms with van der Waals surface area (Å²) in [6.45, 7) is 13.9. The monoisotopic (exact) mass is 395 g/mol. The molecule has 0 unspecified atom stereocenters. The molecule has 1 aliphatic heterocycles. The number of piperazine rings is 1. The number of rotatable bonds is 7. The molecular formula is C24H33N3O2. The van der Waals surface area contributed by atoms with E-state index in [0.29, 0.717) is 0 Å². The van der Waals surface area contributed by atoms with Crippen LogP contribution >= 0.6 is 0 Å². The van der Waals surface area contributed by atoms with Gasteiger partial charge in [-0.15, -0.1) is 0 Å². The van der Waals surface area contributed by atoms with Gasteiger partial charge in [0, 0.05) is 50.6 Å². The quantitative estimate of drug-likeness (QED) is 0.713. The van der Waals surface area contributed by atoms with Crippen LogP contribution in [0.5, 0.6) is 5.75 Å². The largest absolute Gasteiger partial charge is 0.484 e. The summed E-state index contributed by atoms with van der Waals surface area (Å²) in [5.41, 5.74) is 5.01. The SMILES string of the molecule is CCN(CC)c1ccc(N2CCN(C(=O)COc3ccc(C)cc3)CC2)c(C)c1. The zero-order valence-corrected chi connectivity index (χ0v) is 18.1. The van der Waals surface area contributed by atoms with Crippen LogP contribution in [0.15, 0.2) is 42.5 Å². The van der Waals surface area contributed by atoms with E-state index in [0.717, 1.165) is 45.0 Å². The van der Waals surface area contributed by atoms with Crippen LogP contribution in [0.4, 0.5) is 11.4 Å². The molecule has 156 valence electrons. The van der Waals surface area contributed by atoms with Crippen LogP contribution in [0.2, 0.25) is 0 Å². The number of carbonyl (C=O) groups excluding carboxylic acids is 1. The first-order valence-electron chi connectivity index (χ1n) is 10.6. The standard InChI is InChI=1S/C24H33N3O2/c1-5-25(6-2)21-9-12-23(20(4)17-21)26-13-15-27(16-14-26)24(28)18-29-22-10-7-19(3)8-11-22/h7-12,17H,5-6,13-16,18H2,1-4H3. The van der Waals surface area contributed by atoms with Gasteiger partial charge in [-0.1, -0.05) is 17.7 Å². The molecule has 2 aromatic rings. The Morgan fingerprint density at radius 3 is 2.21 bits per heavy atom. The molecule has 1 fully saturated rings.